The Morgan fingerprint density at radius 2 is 2.30 bits per heavy atom. The molecule has 1 aromatic carbocycles. The van der Waals surface area contributed by atoms with Gasteiger partial charge in [-0.05, 0) is 44.4 Å². The summed E-state index contributed by atoms with van der Waals surface area (Å²) in [5.41, 5.74) is 2.28. The highest BCUT2D eigenvalue weighted by Gasteiger charge is 2.05. The fourth-order valence-electron chi connectivity index (χ4n) is 2.32. The smallest absolute Gasteiger partial charge is 0.238 e. The van der Waals surface area contributed by atoms with Gasteiger partial charge in [0.1, 0.15) is 5.75 Å². The van der Waals surface area contributed by atoms with Crippen molar-refractivity contribution in [1.82, 2.24) is 5.32 Å². The van der Waals surface area contributed by atoms with Crippen molar-refractivity contribution in [3.05, 3.63) is 35.9 Å². The Bertz CT molecular complexity index is 483. The van der Waals surface area contributed by atoms with Gasteiger partial charge in [-0.3, -0.25) is 4.79 Å². The molecule has 1 amide bonds. The molecule has 0 aromatic heterocycles. The molecule has 0 unspecified atom stereocenters. The summed E-state index contributed by atoms with van der Waals surface area (Å²) in [6, 6.07) is 7.36. The number of amides is 1. The van der Waals surface area contributed by atoms with Gasteiger partial charge in [0.15, 0.2) is 0 Å². The average molecular weight is 274 g/mol. The molecule has 2 rings (SSSR count). The van der Waals surface area contributed by atoms with Crippen LogP contribution in [0.15, 0.2) is 35.9 Å². The van der Waals surface area contributed by atoms with Crippen LogP contribution in [0.3, 0.4) is 0 Å². The third kappa shape index (κ3) is 4.70. The van der Waals surface area contributed by atoms with E-state index in [0.29, 0.717) is 6.54 Å². The summed E-state index contributed by atoms with van der Waals surface area (Å²) < 4.78 is 5.12. The number of ether oxygens (including phenoxy) is 1. The number of anilines is 1. The number of benzene rings is 1. The molecule has 2 N–H and O–H groups in total. The molecule has 0 saturated carbocycles. The van der Waals surface area contributed by atoms with E-state index in [1.807, 2.05) is 18.2 Å². The molecule has 1 aromatic rings. The van der Waals surface area contributed by atoms with Crippen molar-refractivity contribution in [1.29, 1.82) is 0 Å². The van der Waals surface area contributed by atoms with Gasteiger partial charge in [-0.2, -0.15) is 0 Å². The van der Waals surface area contributed by atoms with Crippen molar-refractivity contribution in [2.45, 2.75) is 25.7 Å². The second-order valence-electron chi connectivity index (χ2n) is 4.96. The van der Waals surface area contributed by atoms with Crippen LogP contribution in [0.4, 0.5) is 5.69 Å². The number of carbonyl (C=O) groups excluding carboxylic acids is 1. The third-order valence-electron chi connectivity index (χ3n) is 3.40. The van der Waals surface area contributed by atoms with Crippen LogP contribution in [0.2, 0.25) is 0 Å². The summed E-state index contributed by atoms with van der Waals surface area (Å²) in [4.78, 5) is 11.8. The van der Waals surface area contributed by atoms with E-state index in [-0.39, 0.29) is 5.91 Å². The van der Waals surface area contributed by atoms with Gasteiger partial charge in [-0.15, -0.1) is 0 Å². The van der Waals surface area contributed by atoms with Gasteiger partial charge in [0.05, 0.1) is 13.7 Å². The third-order valence-corrected chi connectivity index (χ3v) is 3.40. The van der Waals surface area contributed by atoms with Gasteiger partial charge >= 0.3 is 0 Å². The highest BCUT2D eigenvalue weighted by atomic mass is 16.5. The van der Waals surface area contributed by atoms with Crippen LogP contribution in [0.5, 0.6) is 5.75 Å². The number of hydrogen-bond donors (Lipinski definition) is 2. The first-order valence-electron chi connectivity index (χ1n) is 7.10. The number of nitrogens with one attached hydrogen (secondary N) is 2. The van der Waals surface area contributed by atoms with Gasteiger partial charge in [0.25, 0.3) is 0 Å². The first kappa shape index (κ1) is 14.6. The first-order valence-corrected chi connectivity index (χ1v) is 7.10. The highest BCUT2D eigenvalue weighted by Crippen LogP contribution is 2.19. The number of methoxy groups -OCH3 is 1. The molecule has 0 fully saturated rings. The zero-order chi connectivity index (χ0) is 14.2. The summed E-state index contributed by atoms with van der Waals surface area (Å²) in [6.45, 7) is 1.20. The van der Waals surface area contributed by atoms with E-state index in [4.69, 9.17) is 4.74 Å². The molecule has 0 saturated heterocycles. The molecule has 1 aliphatic carbocycles. The Balaban J connectivity index is 1.66. The lowest BCUT2D eigenvalue weighted by Gasteiger charge is -2.08. The van der Waals surface area contributed by atoms with Crippen LogP contribution in [0.1, 0.15) is 25.7 Å². The monoisotopic (exact) mass is 274 g/mol. The van der Waals surface area contributed by atoms with Crippen molar-refractivity contribution >= 4 is 11.6 Å². The van der Waals surface area contributed by atoms with E-state index in [0.717, 1.165) is 24.4 Å². The Labute approximate surface area is 120 Å². The van der Waals surface area contributed by atoms with Gasteiger partial charge in [0.2, 0.25) is 5.91 Å². The normalized spacial score (nSPS) is 13.9. The van der Waals surface area contributed by atoms with Crippen molar-refractivity contribution in [3.63, 3.8) is 0 Å². The quantitative estimate of drug-likeness (QED) is 0.594. The highest BCUT2D eigenvalue weighted by molar-refractivity contribution is 5.92. The van der Waals surface area contributed by atoms with Crippen LogP contribution >= 0.6 is 0 Å². The molecule has 0 aliphatic heterocycles. The molecular formula is C16H22N2O2. The van der Waals surface area contributed by atoms with Gasteiger partial charge in [-0.25, -0.2) is 0 Å². The van der Waals surface area contributed by atoms with E-state index in [9.17, 15) is 4.79 Å². The van der Waals surface area contributed by atoms with Gasteiger partial charge < -0.3 is 15.4 Å². The van der Waals surface area contributed by atoms with E-state index in [1.165, 1.54) is 24.8 Å². The van der Waals surface area contributed by atoms with Gasteiger partial charge in [0, 0.05) is 11.8 Å². The van der Waals surface area contributed by atoms with Crippen molar-refractivity contribution in [2.75, 3.05) is 25.5 Å². The van der Waals surface area contributed by atoms with Crippen LogP contribution in [-0.2, 0) is 4.79 Å². The summed E-state index contributed by atoms with van der Waals surface area (Å²) in [7, 11) is 1.61. The molecule has 4 nitrogen and oxygen atoms in total. The maximum Gasteiger partial charge on any atom is 0.238 e. The summed E-state index contributed by atoms with van der Waals surface area (Å²) in [5.74, 6) is 0.711. The minimum atomic E-state index is -0.0290. The lowest BCUT2D eigenvalue weighted by Crippen LogP contribution is -2.28. The second-order valence-corrected chi connectivity index (χ2v) is 4.96. The summed E-state index contributed by atoms with van der Waals surface area (Å²) in [6.07, 6.45) is 7.08. The van der Waals surface area contributed by atoms with Crippen LogP contribution < -0.4 is 15.4 Å². The first-order chi connectivity index (χ1) is 9.78. The fourth-order valence-corrected chi connectivity index (χ4v) is 2.32. The predicted octanol–water partition coefficient (Wildman–Crippen LogP) is 2.72. The number of rotatable bonds is 7. The number of carbonyl (C=O) groups is 1. The van der Waals surface area contributed by atoms with E-state index in [2.05, 4.69) is 16.7 Å². The Hall–Kier alpha value is -1.81. The van der Waals surface area contributed by atoms with Crippen molar-refractivity contribution < 1.29 is 9.53 Å². The molecule has 20 heavy (non-hydrogen) atoms. The Morgan fingerprint density at radius 3 is 3.05 bits per heavy atom. The Kier molecular flexibility index (Phi) is 5.62. The molecule has 0 atom stereocenters. The molecule has 1 aliphatic rings. The number of allylic oxidation sites excluding steroid dienone is 1. The molecule has 0 bridgehead atoms. The molecule has 0 spiro atoms. The van der Waals surface area contributed by atoms with Gasteiger partial charge in [-0.1, -0.05) is 17.7 Å². The SMILES string of the molecule is COc1cccc(NC(=O)CNCCC2=CCCC2)c1. The van der Waals surface area contributed by atoms with Crippen LogP contribution in [0, 0.1) is 0 Å². The minimum absolute atomic E-state index is 0.0290. The number of hydrogen-bond acceptors (Lipinski definition) is 3. The van der Waals surface area contributed by atoms with Crippen molar-refractivity contribution in [2.24, 2.45) is 0 Å². The molecule has 108 valence electrons. The maximum atomic E-state index is 11.8. The van der Waals surface area contributed by atoms with E-state index < -0.39 is 0 Å². The molecule has 4 heteroatoms. The standard InChI is InChI=1S/C16H22N2O2/c1-20-15-8-4-7-14(11-15)18-16(19)12-17-10-9-13-5-2-3-6-13/h4-5,7-8,11,17H,2-3,6,9-10,12H2,1H3,(H,18,19). The van der Waals surface area contributed by atoms with E-state index >= 15 is 0 Å². The Morgan fingerprint density at radius 1 is 1.40 bits per heavy atom. The van der Waals surface area contributed by atoms with Crippen LogP contribution in [0.25, 0.3) is 0 Å². The topological polar surface area (TPSA) is 50.4 Å². The summed E-state index contributed by atoms with van der Waals surface area (Å²) >= 11 is 0. The zero-order valence-corrected chi connectivity index (χ0v) is 11.9. The second kappa shape index (κ2) is 7.70. The van der Waals surface area contributed by atoms with Crippen LogP contribution in [-0.4, -0.2) is 26.1 Å². The van der Waals surface area contributed by atoms with E-state index in [1.54, 1.807) is 13.2 Å². The summed E-state index contributed by atoms with van der Waals surface area (Å²) in [5, 5.41) is 6.03. The lowest BCUT2D eigenvalue weighted by molar-refractivity contribution is -0.115. The molecule has 0 heterocycles. The van der Waals surface area contributed by atoms with Crippen molar-refractivity contribution in [3.8, 4) is 5.75 Å². The molecular weight excluding hydrogens is 252 g/mol. The lowest BCUT2D eigenvalue weighted by atomic mass is 10.2. The molecule has 0 radical (unpaired) electrons. The fraction of sp³-hybridized carbons (Fsp3) is 0.438. The minimum Gasteiger partial charge on any atom is -0.497 e. The average Bonchev–Trinajstić information content (AvgIpc) is 2.97. The maximum absolute atomic E-state index is 11.8. The largest absolute Gasteiger partial charge is 0.497 e. The predicted molar refractivity (Wildman–Crippen MR) is 81.0 cm³/mol. The zero-order valence-electron chi connectivity index (χ0n) is 11.9.